The number of aromatic nitrogens is 2. The zero-order chi connectivity index (χ0) is 13.1. The molecule has 0 saturated heterocycles. The van der Waals surface area contributed by atoms with Crippen molar-refractivity contribution in [2.75, 3.05) is 6.54 Å². The van der Waals surface area contributed by atoms with Crippen molar-refractivity contribution in [3.63, 3.8) is 0 Å². The van der Waals surface area contributed by atoms with Crippen molar-refractivity contribution in [3.8, 4) is 6.07 Å². The normalized spacial score (nSPS) is 17.9. The highest BCUT2D eigenvalue weighted by atomic mass is 32.1. The Hall–Kier alpha value is -1.64. The number of nitriles is 1. The second-order valence-electron chi connectivity index (χ2n) is 4.91. The molecule has 1 aliphatic rings. The lowest BCUT2D eigenvalue weighted by atomic mass is 9.99. The van der Waals surface area contributed by atoms with Crippen LogP contribution in [0.3, 0.4) is 0 Å². The maximum Gasteiger partial charge on any atom is 0.110 e. The van der Waals surface area contributed by atoms with Gasteiger partial charge in [0.1, 0.15) is 16.8 Å². The number of rotatable bonds is 4. The zero-order valence-corrected chi connectivity index (χ0v) is 11.5. The molecule has 1 aliphatic heterocycles. The Labute approximate surface area is 116 Å². The standard InChI is InChI=1S/C14H16N4S/c15-7-12-2-3-13(19-12)9-16-8-11-1-4-14-17-5-6-18(14)10-11/h2-3,5-6,11,16H,1,4,8-10H2/t11-/m0/s1. The van der Waals surface area contributed by atoms with Crippen molar-refractivity contribution in [2.24, 2.45) is 5.92 Å². The molecule has 0 saturated carbocycles. The average Bonchev–Trinajstić information content (AvgIpc) is 3.06. The number of nitrogens with one attached hydrogen (secondary N) is 1. The van der Waals surface area contributed by atoms with Gasteiger partial charge in [-0.2, -0.15) is 5.26 Å². The third-order valence-corrected chi connectivity index (χ3v) is 4.53. The second-order valence-corrected chi connectivity index (χ2v) is 6.08. The summed E-state index contributed by atoms with van der Waals surface area (Å²) >= 11 is 1.57. The number of nitrogens with zero attached hydrogens (tertiary/aromatic N) is 3. The molecule has 0 aliphatic carbocycles. The molecular formula is C14H16N4S. The molecular weight excluding hydrogens is 256 g/mol. The SMILES string of the molecule is N#Cc1ccc(CNC[C@@H]2CCc3nccn3C2)s1. The molecule has 5 heteroatoms. The van der Waals surface area contributed by atoms with Crippen LogP contribution >= 0.6 is 11.3 Å². The van der Waals surface area contributed by atoms with Gasteiger partial charge in [0.15, 0.2) is 0 Å². The molecule has 1 atom stereocenters. The quantitative estimate of drug-likeness (QED) is 0.928. The highest BCUT2D eigenvalue weighted by Crippen LogP contribution is 2.19. The van der Waals surface area contributed by atoms with Gasteiger partial charge < -0.3 is 9.88 Å². The van der Waals surface area contributed by atoms with Crippen molar-refractivity contribution >= 4 is 11.3 Å². The molecule has 19 heavy (non-hydrogen) atoms. The van der Waals surface area contributed by atoms with Crippen LogP contribution in [-0.2, 0) is 19.5 Å². The highest BCUT2D eigenvalue weighted by molar-refractivity contribution is 7.12. The minimum atomic E-state index is 0.678. The Morgan fingerprint density at radius 1 is 1.53 bits per heavy atom. The Kier molecular flexibility index (Phi) is 3.62. The van der Waals surface area contributed by atoms with E-state index in [2.05, 4.69) is 27.1 Å². The predicted molar refractivity (Wildman–Crippen MR) is 74.8 cm³/mol. The fraction of sp³-hybridized carbons (Fsp3) is 0.429. The molecule has 3 heterocycles. The number of thiophene rings is 1. The van der Waals surface area contributed by atoms with Crippen LogP contribution in [0, 0.1) is 17.2 Å². The van der Waals surface area contributed by atoms with Crippen LogP contribution in [0.4, 0.5) is 0 Å². The van der Waals surface area contributed by atoms with E-state index in [0.717, 1.165) is 30.9 Å². The highest BCUT2D eigenvalue weighted by Gasteiger charge is 2.18. The number of hydrogen-bond donors (Lipinski definition) is 1. The maximum atomic E-state index is 8.78. The van der Waals surface area contributed by atoms with E-state index >= 15 is 0 Å². The summed E-state index contributed by atoms with van der Waals surface area (Å²) in [6, 6.07) is 6.10. The third-order valence-electron chi connectivity index (χ3n) is 3.54. The number of fused-ring (bicyclic) bond motifs is 1. The van der Waals surface area contributed by atoms with Crippen molar-refractivity contribution < 1.29 is 0 Å². The molecule has 0 spiro atoms. The Morgan fingerprint density at radius 2 is 2.47 bits per heavy atom. The third kappa shape index (κ3) is 2.86. The van der Waals surface area contributed by atoms with Crippen LogP contribution in [0.1, 0.15) is 22.0 Å². The van der Waals surface area contributed by atoms with Gasteiger partial charge >= 0.3 is 0 Å². The summed E-state index contributed by atoms with van der Waals surface area (Å²) in [5.74, 6) is 1.89. The van der Waals surface area contributed by atoms with Crippen molar-refractivity contribution in [2.45, 2.75) is 25.9 Å². The van der Waals surface area contributed by atoms with Gasteiger partial charge in [-0.25, -0.2) is 4.98 Å². The molecule has 0 aromatic carbocycles. The Bertz CT molecular complexity index is 593. The summed E-state index contributed by atoms with van der Waals surface area (Å²) in [5.41, 5.74) is 0. The fourth-order valence-electron chi connectivity index (χ4n) is 2.54. The summed E-state index contributed by atoms with van der Waals surface area (Å²) in [4.78, 5) is 6.37. The van der Waals surface area contributed by atoms with E-state index in [4.69, 9.17) is 5.26 Å². The lowest BCUT2D eigenvalue weighted by molar-refractivity contribution is 0.348. The van der Waals surface area contributed by atoms with E-state index < -0.39 is 0 Å². The van der Waals surface area contributed by atoms with E-state index in [-0.39, 0.29) is 0 Å². The van der Waals surface area contributed by atoms with Gasteiger partial charge in [-0.3, -0.25) is 0 Å². The average molecular weight is 272 g/mol. The Balaban J connectivity index is 1.47. The van der Waals surface area contributed by atoms with Crippen LogP contribution in [0.5, 0.6) is 0 Å². The monoisotopic (exact) mass is 272 g/mol. The summed E-state index contributed by atoms with van der Waals surface area (Å²) in [6.45, 7) is 2.95. The first-order chi connectivity index (χ1) is 9.35. The van der Waals surface area contributed by atoms with Gasteiger partial charge in [-0.1, -0.05) is 0 Å². The number of aryl methyl sites for hydroxylation is 1. The van der Waals surface area contributed by atoms with Gasteiger partial charge in [0.2, 0.25) is 0 Å². The second kappa shape index (κ2) is 5.55. The topological polar surface area (TPSA) is 53.6 Å². The number of hydrogen-bond acceptors (Lipinski definition) is 4. The molecule has 3 rings (SSSR count). The Morgan fingerprint density at radius 3 is 3.32 bits per heavy atom. The first-order valence-electron chi connectivity index (χ1n) is 6.54. The van der Waals surface area contributed by atoms with Gasteiger partial charge in [0.05, 0.1) is 0 Å². The maximum absolute atomic E-state index is 8.78. The van der Waals surface area contributed by atoms with Gasteiger partial charge in [0.25, 0.3) is 0 Å². The van der Waals surface area contributed by atoms with Crippen LogP contribution in [0.15, 0.2) is 24.5 Å². The van der Waals surface area contributed by atoms with E-state index in [0.29, 0.717) is 5.92 Å². The van der Waals surface area contributed by atoms with E-state index in [1.807, 2.05) is 18.3 Å². The molecule has 98 valence electrons. The molecule has 0 amide bonds. The first kappa shape index (κ1) is 12.4. The zero-order valence-electron chi connectivity index (χ0n) is 10.7. The molecule has 0 bridgehead atoms. The van der Waals surface area contributed by atoms with E-state index in [1.54, 1.807) is 11.3 Å². The molecule has 0 radical (unpaired) electrons. The van der Waals surface area contributed by atoms with Gasteiger partial charge in [-0.15, -0.1) is 11.3 Å². The van der Waals surface area contributed by atoms with Crippen LogP contribution in [0.2, 0.25) is 0 Å². The molecule has 2 aromatic heterocycles. The smallest absolute Gasteiger partial charge is 0.110 e. The van der Waals surface area contributed by atoms with Crippen LogP contribution in [-0.4, -0.2) is 16.1 Å². The summed E-state index contributed by atoms with van der Waals surface area (Å²) in [5, 5.41) is 12.3. The van der Waals surface area contributed by atoms with Gasteiger partial charge in [0, 0.05) is 43.3 Å². The van der Waals surface area contributed by atoms with Crippen molar-refractivity contribution in [1.82, 2.24) is 14.9 Å². The van der Waals surface area contributed by atoms with Crippen LogP contribution < -0.4 is 5.32 Å². The van der Waals surface area contributed by atoms with Crippen molar-refractivity contribution in [3.05, 3.63) is 40.1 Å². The lowest BCUT2D eigenvalue weighted by Crippen LogP contribution is -2.29. The van der Waals surface area contributed by atoms with Crippen molar-refractivity contribution in [1.29, 1.82) is 5.26 Å². The summed E-state index contributed by atoms with van der Waals surface area (Å²) in [7, 11) is 0. The molecule has 2 aromatic rings. The largest absolute Gasteiger partial charge is 0.335 e. The molecule has 0 unspecified atom stereocenters. The molecule has 0 fully saturated rings. The number of imidazole rings is 1. The van der Waals surface area contributed by atoms with Crippen LogP contribution in [0.25, 0.3) is 0 Å². The minimum Gasteiger partial charge on any atom is -0.335 e. The van der Waals surface area contributed by atoms with Gasteiger partial charge in [-0.05, 0) is 24.5 Å². The lowest BCUT2D eigenvalue weighted by Gasteiger charge is -2.23. The summed E-state index contributed by atoms with van der Waals surface area (Å²) < 4.78 is 2.26. The first-order valence-corrected chi connectivity index (χ1v) is 7.36. The van der Waals surface area contributed by atoms with E-state index in [9.17, 15) is 0 Å². The minimum absolute atomic E-state index is 0.678. The summed E-state index contributed by atoms with van der Waals surface area (Å²) in [6.07, 6.45) is 6.25. The molecule has 4 nitrogen and oxygen atoms in total. The molecule has 1 N–H and O–H groups in total. The fourth-order valence-corrected chi connectivity index (χ4v) is 3.31. The van der Waals surface area contributed by atoms with E-state index in [1.165, 1.54) is 17.1 Å². The predicted octanol–water partition coefficient (Wildman–Crippen LogP) is 2.17.